The Labute approximate surface area is 191 Å². The van der Waals surface area contributed by atoms with Crippen LogP contribution in [-0.2, 0) is 11.3 Å². The smallest absolute Gasteiger partial charge is 0.258 e. The summed E-state index contributed by atoms with van der Waals surface area (Å²) in [6.07, 6.45) is 1.83. The van der Waals surface area contributed by atoms with Gasteiger partial charge < -0.3 is 20.4 Å². The predicted octanol–water partition coefficient (Wildman–Crippen LogP) is 4.81. The van der Waals surface area contributed by atoms with Crippen LogP contribution in [0.15, 0.2) is 48.2 Å². The summed E-state index contributed by atoms with van der Waals surface area (Å²) in [5, 5.41) is 6.28. The number of fused-ring (bicyclic) bond motifs is 1. The zero-order chi connectivity index (χ0) is 23.3. The Bertz CT molecular complexity index is 1000. The van der Waals surface area contributed by atoms with Gasteiger partial charge in [0.15, 0.2) is 0 Å². The number of hydrogen-bond donors (Lipinski definition) is 2. The third kappa shape index (κ3) is 5.37. The lowest BCUT2D eigenvalue weighted by Gasteiger charge is -2.21. The molecule has 0 unspecified atom stereocenters. The Hall–Kier alpha value is -3.12. The highest BCUT2D eigenvalue weighted by Gasteiger charge is 2.28. The van der Waals surface area contributed by atoms with Gasteiger partial charge in [-0.05, 0) is 69.8 Å². The van der Waals surface area contributed by atoms with Crippen molar-refractivity contribution in [3.8, 4) is 0 Å². The largest absolute Gasteiger partial charge is 0.358 e. The van der Waals surface area contributed by atoms with Crippen LogP contribution in [0, 0.1) is 0 Å². The molecular formula is C26H34N4O2. The van der Waals surface area contributed by atoms with Crippen LogP contribution in [0.4, 0.5) is 11.4 Å². The minimum atomic E-state index is -0.155. The van der Waals surface area contributed by atoms with E-state index < -0.39 is 0 Å². The van der Waals surface area contributed by atoms with E-state index in [1.165, 1.54) is 5.56 Å². The van der Waals surface area contributed by atoms with Gasteiger partial charge in [-0.3, -0.25) is 9.59 Å². The van der Waals surface area contributed by atoms with Crippen molar-refractivity contribution in [2.45, 2.75) is 40.2 Å². The number of carbonyl (C=O) groups excluding carboxylic acids is 2. The quantitative estimate of drug-likeness (QED) is 0.556. The summed E-state index contributed by atoms with van der Waals surface area (Å²) in [7, 11) is 4.08. The molecule has 2 aromatic carbocycles. The summed E-state index contributed by atoms with van der Waals surface area (Å²) in [6, 6.07) is 13.7. The van der Waals surface area contributed by atoms with Crippen LogP contribution >= 0.6 is 0 Å². The fraction of sp³-hybridized carbons (Fsp3) is 0.385. The van der Waals surface area contributed by atoms with Gasteiger partial charge >= 0.3 is 0 Å². The number of hydrogen-bond acceptors (Lipinski definition) is 4. The van der Waals surface area contributed by atoms with Gasteiger partial charge in [-0.2, -0.15) is 0 Å². The summed E-state index contributed by atoms with van der Waals surface area (Å²) in [6.45, 7) is 8.38. The van der Waals surface area contributed by atoms with E-state index in [0.29, 0.717) is 11.1 Å². The molecule has 2 N–H and O–H groups in total. The van der Waals surface area contributed by atoms with E-state index in [0.717, 1.165) is 55.1 Å². The molecule has 32 heavy (non-hydrogen) atoms. The van der Waals surface area contributed by atoms with Gasteiger partial charge in [0.05, 0.1) is 5.57 Å². The monoisotopic (exact) mass is 434 g/mol. The van der Waals surface area contributed by atoms with E-state index in [4.69, 9.17) is 0 Å². The van der Waals surface area contributed by atoms with Gasteiger partial charge in [0.2, 0.25) is 0 Å². The summed E-state index contributed by atoms with van der Waals surface area (Å²) in [4.78, 5) is 29.8. The predicted molar refractivity (Wildman–Crippen MR) is 132 cm³/mol. The van der Waals surface area contributed by atoms with E-state index in [2.05, 4.69) is 41.5 Å². The van der Waals surface area contributed by atoms with E-state index in [1.807, 2.05) is 50.2 Å². The summed E-state index contributed by atoms with van der Waals surface area (Å²) in [5.41, 5.74) is 5.59. The average Bonchev–Trinajstić information content (AvgIpc) is 3.09. The van der Waals surface area contributed by atoms with E-state index in [9.17, 15) is 9.59 Å². The molecule has 0 bridgehead atoms. The first-order valence-electron chi connectivity index (χ1n) is 11.3. The molecule has 6 heteroatoms. The Morgan fingerprint density at radius 1 is 1.00 bits per heavy atom. The number of nitrogens with zero attached hydrogens (tertiary/aromatic N) is 2. The average molecular weight is 435 g/mol. The van der Waals surface area contributed by atoms with Crippen LogP contribution in [-0.4, -0.2) is 48.8 Å². The zero-order valence-corrected chi connectivity index (χ0v) is 19.8. The Morgan fingerprint density at radius 3 is 2.25 bits per heavy atom. The van der Waals surface area contributed by atoms with Gasteiger partial charge in [-0.25, -0.2) is 0 Å². The van der Waals surface area contributed by atoms with Crippen molar-refractivity contribution < 1.29 is 9.59 Å². The molecule has 0 aliphatic carbocycles. The lowest BCUT2D eigenvalue weighted by Crippen LogP contribution is -2.32. The summed E-state index contributed by atoms with van der Waals surface area (Å²) >= 11 is 0. The third-order valence-electron chi connectivity index (χ3n) is 5.44. The van der Waals surface area contributed by atoms with Crippen molar-refractivity contribution in [1.82, 2.24) is 9.80 Å². The van der Waals surface area contributed by atoms with Crippen molar-refractivity contribution in [1.29, 1.82) is 0 Å². The number of benzene rings is 2. The molecule has 2 amide bonds. The highest BCUT2D eigenvalue weighted by Crippen LogP contribution is 2.35. The van der Waals surface area contributed by atoms with Crippen molar-refractivity contribution in [2.24, 2.45) is 0 Å². The number of nitrogens with one attached hydrogen (secondary N) is 2. The molecule has 170 valence electrons. The topological polar surface area (TPSA) is 64.7 Å². The van der Waals surface area contributed by atoms with Crippen LogP contribution < -0.4 is 10.6 Å². The first kappa shape index (κ1) is 23.5. The molecule has 0 saturated carbocycles. The van der Waals surface area contributed by atoms with Crippen molar-refractivity contribution in [3.63, 3.8) is 0 Å². The van der Waals surface area contributed by atoms with Crippen molar-refractivity contribution in [2.75, 3.05) is 37.8 Å². The fourth-order valence-electron chi connectivity index (χ4n) is 4.05. The number of carbonyl (C=O) groups is 2. The van der Waals surface area contributed by atoms with E-state index >= 15 is 0 Å². The molecule has 1 aliphatic rings. The molecular weight excluding hydrogens is 400 g/mol. The number of allylic oxidation sites excluding steroid dienone is 1. The molecule has 0 saturated heterocycles. The first-order chi connectivity index (χ1) is 15.3. The van der Waals surface area contributed by atoms with E-state index in [1.54, 1.807) is 6.07 Å². The maximum Gasteiger partial charge on any atom is 0.258 e. The van der Waals surface area contributed by atoms with Gasteiger partial charge in [0, 0.05) is 47.8 Å². The fourth-order valence-corrected chi connectivity index (χ4v) is 4.05. The van der Waals surface area contributed by atoms with Crippen LogP contribution in [0.2, 0.25) is 0 Å². The van der Waals surface area contributed by atoms with Crippen LogP contribution in [0.25, 0.3) is 5.57 Å². The second-order valence-electron chi connectivity index (χ2n) is 8.57. The van der Waals surface area contributed by atoms with Gasteiger partial charge in [-0.15, -0.1) is 0 Å². The molecule has 6 nitrogen and oxygen atoms in total. The Balaban J connectivity index is 1.88. The number of anilines is 2. The van der Waals surface area contributed by atoms with Crippen LogP contribution in [0.1, 0.15) is 55.1 Å². The molecule has 1 aliphatic heterocycles. The molecule has 0 radical (unpaired) electrons. The molecule has 0 aromatic heterocycles. The second-order valence-corrected chi connectivity index (χ2v) is 8.57. The molecule has 3 rings (SSSR count). The van der Waals surface area contributed by atoms with Crippen molar-refractivity contribution >= 4 is 28.8 Å². The molecule has 2 aromatic rings. The molecule has 0 spiro atoms. The number of rotatable bonds is 9. The lowest BCUT2D eigenvalue weighted by molar-refractivity contribution is -0.110. The Morgan fingerprint density at radius 2 is 1.66 bits per heavy atom. The van der Waals surface area contributed by atoms with Gasteiger partial charge in [0.1, 0.15) is 0 Å². The Kier molecular flexibility index (Phi) is 7.70. The highest BCUT2D eigenvalue weighted by atomic mass is 16.2. The first-order valence-corrected chi connectivity index (χ1v) is 11.3. The standard InChI is InChI=1S/C26H34N4O2/c1-6-14-30(15-7-2)26(32)20-10-13-23-22(16-20)24(25(31)28-23)18(3)27-21-11-8-19(9-12-21)17-29(4)5/h8-13,16,27H,6-7,14-15,17H2,1-5H3,(H,28,31). The summed E-state index contributed by atoms with van der Waals surface area (Å²) < 4.78 is 0. The molecule has 1 heterocycles. The van der Waals surface area contributed by atoms with Crippen LogP contribution in [0.3, 0.4) is 0 Å². The van der Waals surface area contributed by atoms with E-state index in [-0.39, 0.29) is 11.8 Å². The van der Waals surface area contributed by atoms with Gasteiger partial charge in [-0.1, -0.05) is 26.0 Å². The SMILES string of the molecule is CCCN(CCC)C(=O)c1ccc2c(c1)C(=C(C)Nc1ccc(CN(C)C)cc1)C(=O)N2. The second kappa shape index (κ2) is 10.5. The molecule has 0 atom stereocenters. The third-order valence-corrected chi connectivity index (χ3v) is 5.44. The maximum atomic E-state index is 13.1. The minimum absolute atomic E-state index is 0.0114. The van der Waals surface area contributed by atoms with Crippen LogP contribution in [0.5, 0.6) is 0 Å². The van der Waals surface area contributed by atoms with Gasteiger partial charge in [0.25, 0.3) is 11.8 Å². The zero-order valence-electron chi connectivity index (χ0n) is 19.8. The summed E-state index contributed by atoms with van der Waals surface area (Å²) in [5.74, 6) is -0.143. The molecule has 0 fully saturated rings. The van der Waals surface area contributed by atoms with Crippen molar-refractivity contribution in [3.05, 3.63) is 64.9 Å². The number of amides is 2. The lowest BCUT2D eigenvalue weighted by atomic mass is 10.0. The minimum Gasteiger partial charge on any atom is -0.358 e. The maximum absolute atomic E-state index is 13.1. The highest BCUT2D eigenvalue weighted by molar-refractivity contribution is 6.32. The normalized spacial score (nSPS) is 14.2.